The van der Waals surface area contributed by atoms with Crippen molar-refractivity contribution < 1.29 is 9.63 Å². The number of fused-ring (bicyclic) bond motifs is 1. The highest BCUT2D eigenvalue weighted by atomic mass is 35.5. The summed E-state index contributed by atoms with van der Waals surface area (Å²) in [5, 5.41) is 3.78. The lowest BCUT2D eigenvalue weighted by Crippen LogP contribution is -2.31. The maximum absolute atomic E-state index is 12.1. The minimum absolute atomic E-state index is 0.137. The monoisotopic (exact) mass is 473 g/mol. The van der Waals surface area contributed by atoms with E-state index in [0.717, 1.165) is 5.56 Å². The number of aromatic nitrogens is 1. The van der Waals surface area contributed by atoms with E-state index in [1.165, 1.54) is 6.07 Å². The molecule has 0 saturated heterocycles. The predicted octanol–water partition coefficient (Wildman–Crippen LogP) is 5.68. The number of anilines is 1. The van der Waals surface area contributed by atoms with Crippen LogP contribution < -0.4 is 10.8 Å². The quantitative estimate of drug-likeness (QED) is 0.468. The average Bonchev–Trinajstić information content (AvgIpc) is 2.94. The Morgan fingerprint density at radius 1 is 1.00 bits per heavy atom. The summed E-state index contributed by atoms with van der Waals surface area (Å²) in [6, 6.07) is 15.5. The molecule has 3 aromatic rings. The van der Waals surface area contributed by atoms with Crippen molar-refractivity contribution in [2.45, 2.75) is 0 Å². The maximum Gasteiger partial charge on any atom is 0.435 e. The van der Waals surface area contributed by atoms with E-state index in [4.69, 9.17) is 39.6 Å². The minimum atomic E-state index is -0.754. The van der Waals surface area contributed by atoms with Gasteiger partial charge in [0.25, 0.3) is 0 Å². The standard InChI is InChI=1S/C21H14Cl3N5O2/c22-12-4-7-17-14(9-12)20(18-3-1-2-8-25-18)26-11-19(28-17)29-31-21(30)27-13-5-6-15(23)16(24)10-13/h1-10H,11H2,(H,27,30)(H,28,29). The van der Waals surface area contributed by atoms with Crippen LogP contribution in [0.1, 0.15) is 11.3 Å². The molecule has 1 amide bonds. The van der Waals surface area contributed by atoms with Gasteiger partial charge in [-0.05, 0) is 48.5 Å². The molecule has 0 fully saturated rings. The lowest BCUT2D eigenvalue weighted by Gasteiger charge is -2.09. The van der Waals surface area contributed by atoms with Crippen LogP contribution in [0.2, 0.25) is 15.1 Å². The second-order valence-electron chi connectivity index (χ2n) is 6.35. The van der Waals surface area contributed by atoms with Crippen LogP contribution in [0, 0.1) is 0 Å². The molecule has 4 rings (SSSR count). The van der Waals surface area contributed by atoms with Crippen molar-refractivity contribution in [1.29, 1.82) is 0 Å². The molecule has 0 spiro atoms. The first-order valence-electron chi connectivity index (χ1n) is 9.02. The molecule has 0 bridgehead atoms. The van der Waals surface area contributed by atoms with E-state index in [9.17, 15) is 4.79 Å². The molecule has 7 nitrogen and oxygen atoms in total. The number of carbonyl (C=O) groups is 1. The van der Waals surface area contributed by atoms with E-state index < -0.39 is 6.09 Å². The van der Waals surface area contributed by atoms with Crippen LogP contribution >= 0.6 is 34.8 Å². The summed E-state index contributed by atoms with van der Waals surface area (Å²) in [4.78, 5) is 30.7. The van der Waals surface area contributed by atoms with Gasteiger partial charge in [0.05, 0.1) is 27.1 Å². The van der Waals surface area contributed by atoms with Crippen molar-refractivity contribution in [3.05, 3.63) is 87.1 Å². The molecular formula is C21H14Cl3N5O2. The summed E-state index contributed by atoms with van der Waals surface area (Å²) in [6.45, 7) is 0.137. The van der Waals surface area contributed by atoms with E-state index in [1.54, 1.807) is 36.5 Å². The highest BCUT2D eigenvalue weighted by molar-refractivity contribution is 6.42. The zero-order valence-corrected chi connectivity index (χ0v) is 18.0. The van der Waals surface area contributed by atoms with Crippen molar-refractivity contribution in [2.75, 3.05) is 11.9 Å². The van der Waals surface area contributed by atoms with Crippen LogP contribution in [-0.4, -0.2) is 29.2 Å². The topological polar surface area (TPSA) is 88.0 Å². The number of hydroxylamine groups is 1. The second-order valence-corrected chi connectivity index (χ2v) is 7.60. The van der Waals surface area contributed by atoms with Crippen LogP contribution in [0.4, 0.5) is 16.2 Å². The van der Waals surface area contributed by atoms with Crippen molar-refractivity contribution in [1.82, 2.24) is 10.5 Å². The first-order valence-corrected chi connectivity index (χ1v) is 10.2. The zero-order chi connectivity index (χ0) is 21.8. The van der Waals surface area contributed by atoms with Crippen molar-refractivity contribution >= 4 is 63.8 Å². The minimum Gasteiger partial charge on any atom is -0.323 e. The molecule has 2 aromatic carbocycles. The third kappa shape index (κ3) is 5.14. The van der Waals surface area contributed by atoms with E-state index in [-0.39, 0.29) is 6.54 Å². The molecule has 0 saturated carbocycles. The third-order valence-corrected chi connectivity index (χ3v) is 5.17. The molecule has 156 valence electrons. The Hall–Kier alpha value is -3.13. The number of amides is 1. The van der Waals surface area contributed by atoms with Gasteiger partial charge in [-0.1, -0.05) is 40.9 Å². The molecule has 0 radical (unpaired) electrons. The van der Waals surface area contributed by atoms with Crippen LogP contribution in [0.25, 0.3) is 0 Å². The number of nitrogens with one attached hydrogen (secondary N) is 2. The summed E-state index contributed by atoms with van der Waals surface area (Å²) in [5.74, 6) is 0.332. The molecule has 31 heavy (non-hydrogen) atoms. The molecule has 0 aliphatic carbocycles. The molecule has 0 unspecified atom stereocenters. The smallest absolute Gasteiger partial charge is 0.323 e. The molecule has 1 aliphatic heterocycles. The van der Waals surface area contributed by atoms with E-state index >= 15 is 0 Å². The second kappa shape index (κ2) is 9.34. The van der Waals surface area contributed by atoms with Gasteiger partial charge in [0.2, 0.25) is 0 Å². The van der Waals surface area contributed by atoms with Crippen LogP contribution in [0.5, 0.6) is 0 Å². The molecular weight excluding hydrogens is 461 g/mol. The lowest BCUT2D eigenvalue weighted by atomic mass is 10.0. The fourth-order valence-electron chi connectivity index (χ4n) is 2.81. The van der Waals surface area contributed by atoms with E-state index in [0.29, 0.717) is 43.7 Å². The summed E-state index contributed by atoms with van der Waals surface area (Å²) < 4.78 is 0. The maximum atomic E-state index is 12.1. The van der Waals surface area contributed by atoms with Gasteiger partial charge < -0.3 is 4.84 Å². The van der Waals surface area contributed by atoms with Gasteiger partial charge in [-0.15, -0.1) is 0 Å². The Balaban J connectivity index is 1.52. The number of nitrogens with zero attached hydrogens (tertiary/aromatic N) is 3. The Bertz CT molecular complexity index is 1200. The van der Waals surface area contributed by atoms with Crippen molar-refractivity contribution in [3.63, 3.8) is 0 Å². The number of pyridine rings is 1. The molecule has 1 aliphatic rings. The fraction of sp³-hybridized carbons (Fsp3) is 0.0476. The number of hydrogen-bond donors (Lipinski definition) is 2. The van der Waals surface area contributed by atoms with Gasteiger partial charge in [0.1, 0.15) is 6.54 Å². The Kier molecular flexibility index (Phi) is 6.36. The van der Waals surface area contributed by atoms with Crippen LogP contribution in [0.15, 0.2) is 70.8 Å². The summed E-state index contributed by atoms with van der Waals surface area (Å²) in [7, 11) is 0. The van der Waals surface area contributed by atoms with Gasteiger partial charge >= 0.3 is 6.09 Å². The number of hydrogen-bond acceptors (Lipinski definition) is 6. The number of carbonyl (C=O) groups excluding carboxylic acids is 1. The zero-order valence-electron chi connectivity index (χ0n) is 15.8. The average molecular weight is 475 g/mol. The molecule has 2 N–H and O–H groups in total. The van der Waals surface area contributed by atoms with Crippen LogP contribution in [0.3, 0.4) is 0 Å². The highest BCUT2D eigenvalue weighted by Crippen LogP contribution is 2.28. The Labute approximate surface area is 192 Å². The number of rotatable bonds is 2. The van der Waals surface area contributed by atoms with Crippen molar-refractivity contribution in [3.8, 4) is 0 Å². The van der Waals surface area contributed by atoms with E-state index in [2.05, 4.69) is 25.8 Å². The number of amidine groups is 1. The van der Waals surface area contributed by atoms with Gasteiger partial charge in [0.15, 0.2) is 5.84 Å². The SMILES string of the molecule is O=C(Nc1ccc(Cl)c(Cl)c1)ONC1=Nc2ccc(Cl)cc2C(c2ccccn2)=NC1. The summed E-state index contributed by atoms with van der Waals surface area (Å²) in [6.07, 6.45) is 0.930. The molecule has 10 heteroatoms. The first-order chi connectivity index (χ1) is 15.0. The largest absolute Gasteiger partial charge is 0.435 e. The lowest BCUT2D eigenvalue weighted by molar-refractivity contribution is 0.134. The van der Waals surface area contributed by atoms with E-state index in [1.807, 2.05) is 18.2 Å². The molecule has 2 heterocycles. The normalized spacial score (nSPS) is 12.7. The van der Waals surface area contributed by atoms with Crippen molar-refractivity contribution in [2.24, 2.45) is 9.98 Å². The third-order valence-electron chi connectivity index (χ3n) is 4.19. The highest BCUT2D eigenvalue weighted by Gasteiger charge is 2.18. The number of benzene rings is 2. The van der Waals surface area contributed by atoms with Gasteiger partial charge in [-0.2, -0.15) is 0 Å². The fourth-order valence-corrected chi connectivity index (χ4v) is 3.28. The Morgan fingerprint density at radius 2 is 1.87 bits per heavy atom. The van der Waals surface area contributed by atoms with Crippen LogP contribution in [-0.2, 0) is 4.84 Å². The number of aliphatic imine (C=N–C) groups is 2. The summed E-state index contributed by atoms with van der Waals surface area (Å²) in [5.41, 5.74) is 5.64. The summed E-state index contributed by atoms with van der Waals surface area (Å²) >= 11 is 18.0. The van der Waals surface area contributed by atoms with Gasteiger partial charge in [-0.25, -0.2) is 15.3 Å². The Morgan fingerprint density at radius 3 is 2.65 bits per heavy atom. The van der Waals surface area contributed by atoms with Gasteiger partial charge in [-0.3, -0.25) is 15.3 Å². The first kappa shape index (κ1) is 21.1. The number of halogens is 3. The van der Waals surface area contributed by atoms with Gasteiger partial charge in [0, 0.05) is 22.5 Å². The molecule has 0 atom stereocenters. The predicted molar refractivity (Wildman–Crippen MR) is 123 cm³/mol. The molecule has 1 aromatic heterocycles.